The summed E-state index contributed by atoms with van der Waals surface area (Å²) < 4.78 is 39.1. The number of nitrogens with one attached hydrogen (secondary N) is 1. The first-order valence-corrected chi connectivity index (χ1v) is 11.2. The Balaban J connectivity index is 1.44. The van der Waals surface area contributed by atoms with E-state index in [1.807, 2.05) is 42.5 Å². The Morgan fingerprint density at radius 1 is 0.912 bits per heavy atom. The Hall–Kier alpha value is -3.61. The van der Waals surface area contributed by atoms with E-state index in [2.05, 4.69) is 5.32 Å². The summed E-state index contributed by atoms with van der Waals surface area (Å²) in [5, 5.41) is 2.83. The molecule has 1 N–H and O–H groups in total. The van der Waals surface area contributed by atoms with E-state index >= 15 is 0 Å². The molecule has 4 rings (SSSR count). The average molecular weight is 467 g/mol. The van der Waals surface area contributed by atoms with E-state index in [1.54, 1.807) is 18.2 Å². The maximum absolute atomic E-state index is 13.1. The van der Waals surface area contributed by atoms with Gasteiger partial charge in [-0.15, -0.1) is 0 Å². The number of carbonyl (C=O) groups is 2. The summed E-state index contributed by atoms with van der Waals surface area (Å²) in [4.78, 5) is 27.5. The van der Waals surface area contributed by atoms with Gasteiger partial charge in [-0.3, -0.25) is 9.59 Å². The predicted octanol–water partition coefficient (Wildman–Crippen LogP) is 5.68. The molecule has 0 aliphatic carbocycles. The van der Waals surface area contributed by atoms with E-state index in [4.69, 9.17) is 0 Å². The standard InChI is InChI=1S/C27H25F3N2O2/c28-27(29,30)23-10-6-7-19(17-23)18-32-16-5-4-11-24(26(32)34)31-25(33)22-14-12-21(13-15-22)20-8-2-1-3-9-20/h1-3,6-10,12-15,17,24H,4-5,11,16,18H2,(H,31,33). The molecule has 7 heteroatoms. The lowest BCUT2D eigenvalue weighted by Gasteiger charge is -2.25. The van der Waals surface area contributed by atoms with E-state index in [0.717, 1.165) is 36.1 Å². The van der Waals surface area contributed by atoms with E-state index < -0.39 is 17.8 Å². The molecular formula is C27H25F3N2O2. The summed E-state index contributed by atoms with van der Waals surface area (Å²) in [6.45, 7) is 0.508. The lowest BCUT2D eigenvalue weighted by Crippen LogP contribution is -2.47. The van der Waals surface area contributed by atoms with Crippen molar-refractivity contribution in [3.05, 3.63) is 95.6 Å². The minimum Gasteiger partial charge on any atom is -0.340 e. The number of hydrogen-bond donors (Lipinski definition) is 1. The van der Waals surface area contributed by atoms with Crippen LogP contribution in [-0.2, 0) is 17.5 Å². The van der Waals surface area contributed by atoms with Gasteiger partial charge in [0.1, 0.15) is 6.04 Å². The quantitative estimate of drug-likeness (QED) is 0.526. The summed E-state index contributed by atoms with van der Waals surface area (Å²) in [6.07, 6.45) is -2.48. The van der Waals surface area contributed by atoms with Crippen molar-refractivity contribution in [2.75, 3.05) is 6.54 Å². The largest absolute Gasteiger partial charge is 0.416 e. The summed E-state index contributed by atoms with van der Waals surface area (Å²) in [7, 11) is 0. The van der Waals surface area contributed by atoms with Crippen LogP contribution in [0.25, 0.3) is 11.1 Å². The summed E-state index contributed by atoms with van der Waals surface area (Å²) in [5.74, 6) is -0.622. The fraction of sp³-hybridized carbons (Fsp3) is 0.259. The molecule has 3 aromatic carbocycles. The average Bonchev–Trinajstić information content (AvgIpc) is 3.01. The van der Waals surface area contributed by atoms with Crippen LogP contribution in [-0.4, -0.2) is 29.3 Å². The Bertz CT molecular complexity index is 1140. The molecule has 0 spiro atoms. The van der Waals surface area contributed by atoms with Gasteiger partial charge in [0.05, 0.1) is 5.56 Å². The smallest absolute Gasteiger partial charge is 0.340 e. The number of alkyl halides is 3. The van der Waals surface area contributed by atoms with Crippen LogP contribution in [0.4, 0.5) is 13.2 Å². The molecule has 1 saturated heterocycles. The van der Waals surface area contributed by atoms with Crippen molar-refractivity contribution in [2.45, 2.75) is 38.0 Å². The van der Waals surface area contributed by atoms with Crippen LogP contribution in [0.3, 0.4) is 0 Å². The van der Waals surface area contributed by atoms with Crippen LogP contribution in [0.15, 0.2) is 78.9 Å². The Morgan fingerprint density at radius 2 is 1.62 bits per heavy atom. The van der Waals surface area contributed by atoms with Gasteiger partial charge in [-0.2, -0.15) is 13.2 Å². The molecule has 3 aromatic rings. The van der Waals surface area contributed by atoms with Gasteiger partial charge in [-0.25, -0.2) is 0 Å². The maximum Gasteiger partial charge on any atom is 0.416 e. The van der Waals surface area contributed by atoms with Gasteiger partial charge in [0.2, 0.25) is 5.91 Å². The van der Waals surface area contributed by atoms with E-state index in [9.17, 15) is 22.8 Å². The van der Waals surface area contributed by atoms with Crippen LogP contribution < -0.4 is 5.32 Å². The van der Waals surface area contributed by atoms with Gasteiger partial charge in [0.25, 0.3) is 5.91 Å². The van der Waals surface area contributed by atoms with Gasteiger partial charge in [-0.1, -0.05) is 54.6 Å². The van der Waals surface area contributed by atoms with Crippen molar-refractivity contribution in [1.29, 1.82) is 0 Å². The Kier molecular flexibility index (Phi) is 7.01. The minimum absolute atomic E-state index is 0.0703. The number of nitrogens with zero attached hydrogens (tertiary/aromatic N) is 1. The highest BCUT2D eigenvalue weighted by atomic mass is 19.4. The summed E-state index contributed by atoms with van der Waals surface area (Å²) in [6, 6.07) is 21.2. The third-order valence-corrected chi connectivity index (χ3v) is 5.97. The summed E-state index contributed by atoms with van der Waals surface area (Å²) >= 11 is 0. The number of halogens is 3. The van der Waals surface area contributed by atoms with Gasteiger partial charge in [-0.05, 0) is 60.2 Å². The molecule has 0 aromatic heterocycles. The second-order valence-corrected chi connectivity index (χ2v) is 8.42. The highest BCUT2D eigenvalue weighted by Gasteiger charge is 2.32. The van der Waals surface area contributed by atoms with Crippen molar-refractivity contribution in [3.63, 3.8) is 0 Å². The van der Waals surface area contributed by atoms with Crippen LogP contribution in [0.5, 0.6) is 0 Å². The Morgan fingerprint density at radius 3 is 2.32 bits per heavy atom. The number of amides is 2. The van der Waals surface area contributed by atoms with Crippen molar-refractivity contribution in [3.8, 4) is 11.1 Å². The SMILES string of the molecule is O=C(NC1CCCCN(Cc2cccc(C(F)(F)F)c2)C1=O)c1ccc(-c2ccccc2)cc1. The maximum atomic E-state index is 13.1. The molecule has 0 bridgehead atoms. The fourth-order valence-electron chi connectivity index (χ4n) is 4.15. The van der Waals surface area contributed by atoms with Gasteiger partial charge >= 0.3 is 6.18 Å². The molecule has 4 nitrogen and oxygen atoms in total. The molecular weight excluding hydrogens is 441 g/mol. The fourth-order valence-corrected chi connectivity index (χ4v) is 4.15. The number of benzene rings is 3. The van der Waals surface area contributed by atoms with Gasteiger partial charge in [0.15, 0.2) is 0 Å². The van der Waals surface area contributed by atoms with Crippen LogP contribution in [0.1, 0.15) is 40.7 Å². The molecule has 34 heavy (non-hydrogen) atoms. The minimum atomic E-state index is -4.44. The van der Waals surface area contributed by atoms with Crippen LogP contribution in [0.2, 0.25) is 0 Å². The second-order valence-electron chi connectivity index (χ2n) is 8.42. The van der Waals surface area contributed by atoms with Crippen molar-refractivity contribution in [2.24, 2.45) is 0 Å². The lowest BCUT2D eigenvalue weighted by molar-refractivity contribution is -0.137. The number of carbonyl (C=O) groups excluding carboxylic acids is 2. The van der Waals surface area contributed by atoms with Crippen LogP contribution in [0, 0.1) is 0 Å². The van der Waals surface area contributed by atoms with Gasteiger partial charge < -0.3 is 10.2 Å². The molecule has 0 saturated carbocycles. The van der Waals surface area contributed by atoms with Crippen molar-refractivity contribution in [1.82, 2.24) is 10.2 Å². The zero-order chi connectivity index (χ0) is 24.1. The molecule has 1 aliphatic rings. The molecule has 1 atom stereocenters. The molecule has 2 amide bonds. The zero-order valence-corrected chi connectivity index (χ0v) is 18.5. The molecule has 176 valence electrons. The Labute approximate surface area is 196 Å². The first-order valence-electron chi connectivity index (χ1n) is 11.2. The number of likely N-dealkylation sites (tertiary alicyclic amines) is 1. The third-order valence-electron chi connectivity index (χ3n) is 5.97. The summed E-state index contributed by atoms with van der Waals surface area (Å²) in [5.41, 5.74) is 2.14. The number of rotatable bonds is 5. The highest BCUT2D eigenvalue weighted by molar-refractivity contribution is 5.98. The van der Waals surface area contributed by atoms with Crippen molar-refractivity contribution >= 4 is 11.8 Å². The second kappa shape index (κ2) is 10.1. The predicted molar refractivity (Wildman–Crippen MR) is 124 cm³/mol. The van der Waals surface area contributed by atoms with E-state index in [1.165, 1.54) is 11.0 Å². The molecule has 1 aliphatic heterocycles. The first-order chi connectivity index (χ1) is 16.3. The molecule has 1 unspecified atom stereocenters. The normalized spacial score (nSPS) is 16.7. The molecule has 0 radical (unpaired) electrons. The third kappa shape index (κ3) is 5.65. The van der Waals surface area contributed by atoms with E-state index in [0.29, 0.717) is 24.1 Å². The highest BCUT2D eigenvalue weighted by Crippen LogP contribution is 2.30. The lowest BCUT2D eigenvalue weighted by atomic mass is 10.0. The topological polar surface area (TPSA) is 49.4 Å². The van der Waals surface area contributed by atoms with E-state index in [-0.39, 0.29) is 18.4 Å². The first kappa shape index (κ1) is 23.5. The number of hydrogen-bond acceptors (Lipinski definition) is 2. The van der Waals surface area contributed by atoms with Gasteiger partial charge in [0, 0.05) is 18.7 Å². The molecule has 1 heterocycles. The van der Waals surface area contributed by atoms with Crippen molar-refractivity contribution < 1.29 is 22.8 Å². The monoisotopic (exact) mass is 466 g/mol. The molecule has 1 fully saturated rings. The van der Waals surface area contributed by atoms with Crippen LogP contribution >= 0.6 is 0 Å². The zero-order valence-electron chi connectivity index (χ0n) is 18.5.